The van der Waals surface area contributed by atoms with E-state index in [9.17, 15) is 9.36 Å². The highest BCUT2D eigenvalue weighted by atomic mass is 31.1. The molecule has 0 radical (unpaired) electrons. The van der Waals surface area contributed by atoms with E-state index in [0.717, 1.165) is 0 Å². The van der Waals surface area contributed by atoms with Crippen LogP contribution in [0, 0.1) is 0 Å². The summed E-state index contributed by atoms with van der Waals surface area (Å²) in [5.74, 6) is -0.140. The van der Waals surface area contributed by atoms with E-state index in [0.29, 0.717) is 23.0 Å². The number of benzene rings is 2. The van der Waals surface area contributed by atoms with Gasteiger partial charge in [0.25, 0.3) is 0 Å². The van der Waals surface area contributed by atoms with Crippen LogP contribution in [0.15, 0.2) is 54.6 Å². The molecule has 0 saturated heterocycles. The van der Waals surface area contributed by atoms with E-state index >= 15 is 0 Å². The number of ketones is 1. The van der Waals surface area contributed by atoms with E-state index in [4.69, 9.17) is 4.52 Å². The summed E-state index contributed by atoms with van der Waals surface area (Å²) in [6, 6.07) is 15.8. The van der Waals surface area contributed by atoms with Gasteiger partial charge < -0.3 is 0 Å². The lowest BCUT2D eigenvalue weighted by atomic mass is 10.0. The molecule has 96 valence electrons. The summed E-state index contributed by atoms with van der Waals surface area (Å²) in [6.07, 6.45) is 0. The Hall–Kier alpha value is -1.83. The van der Waals surface area contributed by atoms with Crippen LogP contribution >= 0.6 is 8.03 Å². The van der Waals surface area contributed by atoms with Crippen molar-refractivity contribution in [1.82, 2.24) is 0 Å². The van der Waals surface area contributed by atoms with Gasteiger partial charge in [0.05, 0.1) is 5.56 Å². The topological polar surface area (TPSA) is 43.4 Å². The third-order valence-electron chi connectivity index (χ3n) is 2.63. The Kier molecular flexibility index (Phi) is 4.56. The van der Waals surface area contributed by atoms with Crippen molar-refractivity contribution in [2.75, 3.05) is 6.61 Å². The minimum Gasteiger partial charge on any atom is -0.288 e. The number of carbonyl (C=O) groups excluding carboxylic acids is 1. The average molecular weight is 273 g/mol. The Morgan fingerprint density at radius 1 is 1.05 bits per heavy atom. The van der Waals surface area contributed by atoms with E-state index in [2.05, 4.69) is 0 Å². The highest BCUT2D eigenvalue weighted by Crippen LogP contribution is 2.24. The van der Waals surface area contributed by atoms with Crippen molar-refractivity contribution in [3.63, 3.8) is 0 Å². The number of hydrogen-bond donors (Lipinski definition) is 0. The van der Waals surface area contributed by atoms with Crippen molar-refractivity contribution in [3.05, 3.63) is 65.7 Å². The van der Waals surface area contributed by atoms with E-state index in [-0.39, 0.29) is 5.78 Å². The molecule has 2 rings (SSSR count). The predicted molar refractivity (Wildman–Crippen MR) is 75.2 cm³/mol. The Morgan fingerprint density at radius 2 is 1.68 bits per heavy atom. The van der Waals surface area contributed by atoms with Crippen LogP contribution in [0.1, 0.15) is 22.8 Å². The van der Waals surface area contributed by atoms with Crippen molar-refractivity contribution in [1.29, 1.82) is 0 Å². The summed E-state index contributed by atoms with van der Waals surface area (Å²) in [5, 5.41) is 0.452. The highest BCUT2D eigenvalue weighted by Gasteiger charge is 2.28. The van der Waals surface area contributed by atoms with Crippen molar-refractivity contribution in [2.45, 2.75) is 6.92 Å². The third kappa shape index (κ3) is 3.14. The zero-order valence-corrected chi connectivity index (χ0v) is 11.5. The summed E-state index contributed by atoms with van der Waals surface area (Å²) < 4.78 is 17.1. The van der Waals surface area contributed by atoms with Crippen molar-refractivity contribution < 1.29 is 13.9 Å². The third-order valence-corrected chi connectivity index (χ3v) is 3.90. The molecule has 0 bridgehead atoms. The van der Waals surface area contributed by atoms with E-state index in [1.54, 1.807) is 55.5 Å². The maximum absolute atomic E-state index is 12.4. The monoisotopic (exact) mass is 273 g/mol. The zero-order valence-electron chi connectivity index (χ0n) is 10.6. The number of hydrogen-bond acceptors (Lipinski definition) is 3. The summed E-state index contributed by atoms with van der Waals surface area (Å²) >= 11 is 0. The lowest BCUT2D eigenvalue weighted by Gasteiger charge is -2.01. The minimum absolute atomic E-state index is 0.140. The molecule has 0 N–H and O–H groups in total. The van der Waals surface area contributed by atoms with Gasteiger partial charge in [-0.2, -0.15) is 0 Å². The van der Waals surface area contributed by atoms with Crippen LogP contribution < -0.4 is 5.30 Å². The van der Waals surface area contributed by atoms with Crippen LogP contribution in [0.25, 0.3) is 0 Å². The van der Waals surface area contributed by atoms with Gasteiger partial charge in [-0.05, 0) is 23.6 Å². The molecule has 0 aromatic heterocycles. The highest BCUT2D eigenvalue weighted by molar-refractivity contribution is 7.48. The maximum Gasteiger partial charge on any atom is 0.549 e. The van der Waals surface area contributed by atoms with Gasteiger partial charge in [0.15, 0.2) is 5.78 Å². The van der Waals surface area contributed by atoms with Crippen LogP contribution in [0.5, 0.6) is 0 Å². The lowest BCUT2D eigenvalue weighted by Crippen LogP contribution is -2.13. The first-order chi connectivity index (χ1) is 9.24. The number of rotatable bonds is 5. The first-order valence-electron chi connectivity index (χ1n) is 6.03. The predicted octanol–water partition coefficient (Wildman–Crippen LogP) is 3.32. The fourth-order valence-corrected chi connectivity index (χ4v) is 2.71. The van der Waals surface area contributed by atoms with Crippen LogP contribution in [0.2, 0.25) is 0 Å². The molecule has 1 unspecified atom stereocenters. The second kappa shape index (κ2) is 6.37. The normalized spacial score (nSPS) is 11.1. The molecule has 3 nitrogen and oxygen atoms in total. The van der Waals surface area contributed by atoms with Crippen LogP contribution in [-0.2, 0) is 9.09 Å². The molecule has 2 aromatic carbocycles. The van der Waals surface area contributed by atoms with Crippen molar-refractivity contribution in [3.8, 4) is 0 Å². The first-order valence-corrected chi connectivity index (χ1v) is 7.20. The molecule has 0 aliphatic heterocycles. The quantitative estimate of drug-likeness (QED) is 0.620. The second-order valence-corrected chi connectivity index (χ2v) is 5.14. The number of carbonyl (C=O) groups is 1. The van der Waals surface area contributed by atoms with Crippen molar-refractivity contribution >= 4 is 19.1 Å². The van der Waals surface area contributed by atoms with Gasteiger partial charge in [-0.3, -0.25) is 4.79 Å². The standard InChI is InChI=1S/C15H14O3P/c1-2-18-19(17)14-11-7-6-10-13(14)15(16)12-8-4-3-5-9-12/h3-11H,2H2,1H3/q+1. The molecular formula is C15H14O3P+. The molecule has 19 heavy (non-hydrogen) atoms. The molecule has 0 spiro atoms. The van der Waals surface area contributed by atoms with Gasteiger partial charge in [-0.15, -0.1) is 4.52 Å². The van der Waals surface area contributed by atoms with Gasteiger partial charge in [0.2, 0.25) is 5.30 Å². The Labute approximate surface area is 113 Å². The van der Waals surface area contributed by atoms with Crippen LogP contribution in [0.3, 0.4) is 0 Å². The largest absolute Gasteiger partial charge is 0.549 e. The SMILES string of the molecule is CCO[P+](=O)c1ccccc1C(=O)c1ccccc1. The average Bonchev–Trinajstić information content (AvgIpc) is 2.47. The van der Waals surface area contributed by atoms with Gasteiger partial charge >= 0.3 is 8.03 Å². The minimum atomic E-state index is -1.99. The zero-order chi connectivity index (χ0) is 13.7. The molecule has 4 heteroatoms. The van der Waals surface area contributed by atoms with Gasteiger partial charge in [0.1, 0.15) is 6.61 Å². The van der Waals surface area contributed by atoms with E-state index in [1.807, 2.05) is 6.07 Å². The molecule has 0 saturated carbocycles. The molecule has 2 aromatic rings. The van der Waals surface area contributed by atoms with Crippen LogP contribution in [-0.4, -0.2) is 12.4 Å². The van der Waals surface area contributed by atoms with Gasteiger partial charge in [0, 0.05) is 5.56 Å². The summed E-state index contributed by atoms with van der Waals surface area (Å²) in [5.41, 5.74) is 1.01. The molecule has 0 fully saturated rings. The Balaban J connectivity index is 2.40. The maximum atomic E-state index is 12.4. The molecule has 1 atom stereocenters. The fraction of sp³-hybridized carbons (Fsp3) is 0.133. The summed E-state index contributed by atoms with van der Waals surface area (Å²) in [4.78, 5) is 12.4. The van der Waals surface area contributed by atoms with Gasteiger partial charge in [-0.25, -0.2) is 0 Å². The van der Waals surface area contributed by atoms with Crippen molar-refractivity contribution in [2.24, 2.45) is 0 Å². The molecular weight excluding hydrogens is 259 g/mol. The lowest BCUT2D eigenvalue weighted by molar-refractivity contribution is 0.103. The molecule has 0 amide bonds. The summed E-state index contributed by atoms with van der Waals surface area (Å²) in [6.45, 7) is 2.12. The molecule has 0 aliphatic rings. The molecule has 0 aliphatic carbocycles. The van der Waals surface area contributed by atoms with Crippen LogP contribution in [0.4, 0.5) is 0 Å². The second-order valence-electron chi connectivity index (χ2n) is 3.89. The van der Waals surface area contributed by atoms with Gasteiger partial charge in [-0.1, -0.05) is 42.5 Å². The Morgan fingerprint density at radius 3 is 2.37 bits per heavy atom. The smallest absolute Gasteiger partial charge is 0.288 e. The summed E-state index contributed by atoms with van der Waals surface area (Å²) in [7, 11) is -1.99. The molecule has 0 heterocycles. The van der Waals surface area contributed by atoms with E-state index in [1.165, 1.54) is 0 Å². The fourth-order valence-electron chi connectivity index (χ4n) is 1.76. The Bertz CT molecular complexity index is 593. The van der Waals surface area contributed by atoms with E-state index < -0.39 is 8.03 Å². The first kappa shape index (κ1) is 13.6.